The highest BCUT2D eigenvalue weighted by Gasteiger charge is 2.26. The molecule has 1 aromatic carbocycles. The minimum absolute atomic E-state index is 0.0575. The zero-order valence-electron chi connectivity index (χ0n) is 13.4. The molecule has 1 saturated heterocycles. The molecule has 0 spiro atoms. The summed E-state index contributed by atoms with van der Waals surface area (Å²) in [4.78, 5) is 14.8. The molecule has 1 amide bonds. The molecule has 1 aromatic heterocycles. The van der Waals surface area contributed by atoms with Crippen molar-refractivity contribution in [1.82, 2.24) is 15.1 Å². The minimum Gasteiger partial charge on any atom is -0.334 e. The highest BCUT2D eigenvalue weighted by atomic mass is 16.2. The molecule has 0 aliphatic carbocycles. The number of aromatic nitrogens is 2. The Labute approximate surface area is 136 Å². The normalized spacial score (nSPS) is 18.0. The largest absolute Gasteiger partial charge is 0.334 e. The Morgan fingerprint density at radius 1 is 1.26 bits per heavy atom. The van der Waals surface area contributed by atoms with Crippen LogP contribution in [0, 0.1) is 6.92 Å². The first kappa shape index (κ1) is 15.6. The fourth-order valence-electron chi connectivity index (χ4n) is 3.04. The number of benzene rings is 1. The smallest absolute Gasteiger partial charge is 0.254 e. The van der Waals surface area contributed by atoms with Crippen molar-refractivity contribution in [3.63, 3.8) is 0 Å². The average Bonchev–Trinajstić information content (AvgIpc) is 2.62. The summed E-state index contributed by atoms with van der Waals surface area (Å²) in [7, 11) is 0. The van der Waals surface area contributed by atoms with Crippen molar-refractivity contribution in [1.29, 1.82) is 0 Å². The topological polar surface area (TPSA) is 72.1 Å². The Hall–Kier alpha value is -2.27. The number of nitrogens with zero attached hydrogens (tertiary/aromatic N) is 3. The number of amides is 1. The molecule has 1 aliphatic heterocycles. The van der Waals surface area contributed by atoms with Crippen LogP contribution in [0.5, 0.6) is 0 Å². The molecule has 3 rings (SSSR count). The summed E-state index contributed by atoms with van der Waals surface area (Å²) in [5, 5.41) is 8.28. The van der Waals surface area contributed by atoms with Gasteiger partial charge >= 0.3 is 0 Å². The number of nitrogens with two attached hydrogens (primary N) is 1. The lowest BCUT2D eigenvalue weighted by Gasteiger charge is -2.35. The second-order valence-electron chi connectivity index (χ2n) is 6.02. The molecule has 0 saturated carbocycles. The summed E-state index contributed by atoms with van der Waals surface area (Å²) < 4.78 is 0. The fourth-order valence-corrected chi connectivity index (χ4v) is 3.04. The van der Waals surface area contributed by atoms with E-state index in [0.29, 0.717) is 12.1 Å². The molecule has 2 N–H and O–H groups in total. The van der Waals surface area contributed by atoms with E-state index in [-0.39, 0.29) is 11.9 Å². The standard InChI is InChI=1S/C18H22N4O/c1-13-8-9-17(21-20-13)14-5-4-6-15(11-14)18(23)22-10-3-2-7-16(22)12-19/h4-6,8-9,11,16H,2-3,7,10,12,19H2,1H3/t16-/m1/s1. The number of carbonyl (C=O) groups excluding carboxylic acids is 1. The van der Waals surface area contributed by atoms with Crippen molar-refractivity contribution in [3.05, 3.63) is 47.7 Å². The number of rotatable bonds is 3. The van der Waals surface area contributed by atoms with Crippen molar-refractivity contribution < 1.29 is 4.79 Å². The van der Waals surface area contributed by atoms with Crippen LogP contribution in [-0.2, 0) is 0 Å². The van der Waals surface area contributed by atoms with Gasteiger partial charge in [-0.1, -0.05) is 12.1 Å². The van der Waals surface area contributed by atoms with Gasteiger partial charge in [0, 0.05) is 30.3 Å². The van der Waals surface area contributed by atoms with Crippen LogP contribution in [-0.4, -0.2) is 40.1 Å². The second kappa shape index (κ2) is 6.87. The third-order valence-corrected chi connectivity index (χ3v) is 4.36. The maximum atomic E-state index is 12.8. The number of carbonyl (C=O) groups is 1. The van der Waals surface area contributed by atoms with Gasteiger partial charge in [0.1, 0.15) is 0 Å². The van der Waals surface area contributed by atoms with Gasteiger partial charge in [0.25, 0.3) is 5.91 Å². The summed E-state index contributed by atoms with van der Waals surface area (Å²) in [5.74, 6) is 0.0575. The van der Waals surface area contributed by atoms with Crippen molar-refractivity contribution in [2.24, 2.45) is 5.73 Å². The van der Waals surface area contributed by atoms with Crippen LogP contribution in [0.25, 0.3) is 11.3 Å². The van der Waals surface area contributed by atoms with Crippen LogP contribution >= 0.6 is 0 Å². The number of hydrogen-bond acceptors (Lipinski definition) is 4. The predicted octanol–water partition coefficient (Wildman–Crippen LogP) is 2.41. The third-order valence-electron chi connectivity index (χ3n) is 4.36. The maximum absolute atomic E-state index is 12.8. The molecule has 120 valence electrons. The van der Waals surface area contributed by atoms with Crippen molar-refractivity contribution in [3.8, 4) is 11.3 Å². The van der Waals surface area contributed by atoms with E-state index in [1.54, 1.807) is 0 Å². The van der Waals surface area contributed by atoms with Gasteiger partial charge in [-0.15, -0.1) is 0 Å². The fraction of sp³-hybridized carbons (Fsp3) is 0.389. The predicted molar refractivity (Wildman–Crippen MR) is 89.9 cm³/mol. The minimum atomic E-state index is 0.0575. The molecule has 1 atom stereocenters. The van der Waals surface area contributed by atoms with Crippen LogP contribution in [0.4, 0.5) is 0 Å². The van der Waals surface area contributed by atoms with Crippen LogP contribution in [0.2, 0.25) is 0 Å². The van der Waals surface area contributed by atoms with Crippen molar-refractivity contribution >= 4 is 5.91 Å². The van der Waals surface area contributed by atoms with Gasteiger partial charge in [-0.05, 0) is 50.5 Å². The SMILES string of the molecule is Cc1ccc(-c2cccc(C(=O)N3CCCC[C@@H]3CN)c2)nn1. The first-order valence-corrected chi connectivity index (χ1v) is 8.11. The lowest BCUT2D eigenvalue weighted by atomic mass is 10.00. The van der Waals surface area contributed by atoms with Crippen molar-refractivity contribution in [2.75, 3.05) is 13.1 Å². The van der Waals surface area contributed by atoms with Crippen LogP contribution in [0.15, 0.2) is 36.4 Å². The molecule has 2 aromatic rings. The Morgan fingerprint density at radius 3 is 2.87 bits per heavy atom. The van der Waals surface area contributed by atoms with Gasteiger partial charge in [0.2, 0.25) is 0 Å². The van der Waals surface area contributed by atoms with Gasteiger partial charge in [0.15, 0.2) is 0 Å². The summed E-state index contributed by atoms with van der Waals surface area (Å²) >= 11 is 0. The summed E-state index contributed by atoms with van der Waals surface area (Å²) in [6, 6.07) is 11.6. The number of aryl methyl sites for hydroxylation is 1. The molecule has 5 heteroatoms. The highest BCUT2D eigenvalue weighted by Crippen LogP contribution is 2.22. The highest BCUT2D eigenvalue weighted by molar-refractivity contribution is 5.95. The molecule has 5 nitrogen and oxygen atoms in total. The van der Waals surface area contributed by atoms with E-state index < -0.39 is 0 Å². The Bertz CT molecular complexity index is 684. The molecular formula is C18H22N4O. The van der Waals surface area contributed by atoms with Gasteiger partial charge in [-0.25, -0.2) is 0 Å². The monoisotopic (exact) mass is 310 g/mol. The van der Waals surface area contributed by atoms with E-state index in [1.807, 2.05) is 48.2 Å². The maximum Gasteiger partial charge on any atom is 0.254 e. The third kappa shape index (κ3) is 3.40. The van der Waals surface area contributed by atoms with Gasteiger partial charge in [-0.3, -0.25) is 4.79 Å². The summed E-state index contributed by atoms with van der Waals surface area (Å²) in [6.45, 7) is 3.21. The number of piperidine rings is 1. The van der Waals surface area contributed by atoms with Crippen LogP contribution in [0.1, 0.15) is 35.3 Å². The molecule has 0 bridgehead atoms. The number of hydrogen-bond donors (Lipinski definition) is 1. The molecule has 1 fully saturated rings. The Kier molecular flexibility index (Phi) is 4.67. The van der Waals surface area contributed by atoms with Crippen molar-refractivity contribution in [2.45, 2.75) is 32.2 Å². The quantitative estimate of drug-likeness (QED) is 0.945. The lowest BCUT2D eigenvalue weighted by Crippen LogP contribution is -2.47. The second-order valence-corrected chi connectivity index (χ2v) is 6.02. The van der Waals surface area contributed by atoms with Gasteiger partial charge < -0.3 is 10.6 Å². The first-order valence-electron chi connectivity index (χ1n) is 8.11. The Morgan fingerprint density at radius 2 is 2.13 bits per heavy atom. The molecule has 0 unspecified atom stereocenters. The lowest BCUT2D eigenvalue weighted by molar-refractivity contribution is 0.0623. The van der Waals surface area contributed by atoms with E-state index in [0.717, 1.165) is 42.8 Å². The summed E-state index contributed by atoms with van der Waals surface area (Å²) in [5.41, 5.74) is 9.08. The van der Waals surface area contributed by atoms with E-state index in [4.69, 9.17) is 5.73 Å². The zero-order chi connectivity index (χ0) is 16.2. The van der Waals surface area contributed by atoms with E-state index in [9.17, 15) is 4.79 Å². The summed E-state index contributed by atoms with van der Waals surface area (Å²) in [6.07, 6.45) is 3.18. The molecular weight excluding hydrogens is 288 g/mol. The van der Waals surface area contributed by atoms with Crippen LogP contribution < -0.4 is 5.73 Å². The van der Waals surface area contributed by atoms with Crippen LogP contribution in [0.3, 0.4) is 0 Å². The van der Waals surface area contributed by atoms with E-state index >= 15 is 0 Å². The average molecular weight is 310 g/mol. The van der Waals surface area contributed by atoms with E-state index in [1.165, 1.54) is 0 Å². The molecule has 1 aliphatic rings. The molecule has 23 heavy (non-hydrogen) atoms. The van der Waals surface area contributed by atoms with E-state index in [2.05, 4.69) is 10.2 Å². The Balaban J connectivity index is 1.86. The molecule has 0 radical (unpaired) electrons. The van der Waals surface area contributed by atoms with Gasteiger partial charge in [0.05, 0.1) is 11.4 Å². The van der Waals surface area contributed by atoms with Gasteiger partial charge in [-0.2, -0.15) is 10.2 Å². The zero-order valence-corrected chi connectivity index (χ0v) is 13.4. The first-order chi connectivity index (χ1) is 11.2. The number of likely N-dealkylation sites (tertiary alicyclic amines) is 1. The molecule has 2 heterocycles.